The van der Waals surface area contributed by atoms with Crippen molar-refractivity contribution in [3.63, 3.8) is 0 Å². The first-order chi connectivity index (χ1) is 7.40. The van der Waals surface area contributed by atoms with Crippen LogP contribution in [0.15, 0.2) is 6.20 Å². The van der Waals surface area contributed by atoms with Crippen molar-refractivity contribution in [1.29, 1.82) is 0 Å². The van der Waals surface area contributed by atoms with Crippen LogP contribution in [0.1, 0.15) is 35.1 Å². The SMILES string of the molecule is NCCCc1ncc(C2CCOCC2)s1. The van der Waals surface area contributed by atoms with Gasteiger partial charge in [-0.3, -0.25) is 0 Å². The highest BCUT2D eigenvalue weighted by atomic mass is 32.1. The van der Waals surface area contributed by atoms with Gasteiger partial charge in [0.25, 0.3) is 0 Å². The Kier molecular flexibility index (Phi) is 4.11. The van der Waals surface area contributed by atoms with E-state index in [0.29, 0.717) is 5.92 Å². The molecule has 1 aromatic heterocycles. The minimum atomic E-state index is 0.683. The molecule has 0 radical (unpaired) electrons. The summed E-state index contributed by atoms with van der Waals surface area (Å²) in [6.45, 7) is 2.56. The van der Waals surface area contributed by atoms with Crippen molar-refractivity contribution in [3.8, 4) is 0 Å². The molecule has 1 aromatic rings. The predicted molar refractivity (Wildman–Crippen MR) is 62.3 cm³/mol. The zero-order valence-corrected chi connectivity index (χ0v) is 9.76. The fraction of sp³-hybridized carbons (Fsp3) is 0.727. The van der Waals surface area contributed by atoms with Gasteiger partial charge in [0.1, 0.15) is 0 Å². The van der Waals surface area contributed by atoms with Crippen LogP contribution in [0.5, 0.6) is 0 Å². The molecule has 0 spiro atoms. The highest BCUT2D eigenvalue weighted by Crippen LogP contribution is 2.31. The van der Waals surface area contributed by atoms with E-state index >= 15 is 0 Å². The van der Waals surface area contributed by atoms with E-state index in [-0.39, 0.29) is 0 Å². The number of thiazole rings is 1. The molecule has 0 unspecified atom stereocenters. The van der Waals surface area contributed by atoms with Crippen molar-refractivity contribution in [2.45, 2.75) is 31.6 Å². The first kappa shape index (κ1) is 11.0. The molecular weight excluding hydrogens is 208 g/mol. The Morgan fingerprint density at radius 1 is 1.47 bits per heavy atom. The summed E-state index contributed by atoms with van der Waals surface area (Å²) in [5.74, 6) is 0.683. The Labute approximate surface area is 94.7 Å². The summed E-state index contributed by atoms with van der Waals surface area (Å²) in [4.78, 5) is 5.89. The fourth-order valence-corrected chi connectivity index (χ4v) is 3.00. The zero-order valence-electron chi connectivity index (χ0n) is 8.95. The first-order valence-corrected chi connectivity index (χ1v) is 6.44. The molecule has 1 aliphatic heterocycles. The molecule has 0 saturated carbocycles. The third kappa shape index (κ3) is 3.00. The standard InChI is InChI=1S/C11H18N2OS/c12-5-1-2-11-13-8-10(15-11)9-3-6-14-7-4-9/h8-9H,1-7,12H2. The molecule has 0 amide bonds. The molecule has 0 aromatic carbocycles. The van der Waals surface area contributed by atoms with Crippen molar-refractivity contribution in [2.24, 2.45) is 5.73 Å². The second-order valence-corrected chi connectivity index (χ2v) is 5.08. The van der Waals surface area contributed by atoms with Crippen molar-refractivity contribution in [3.05, 3.63) is 16.1 Å². The smallest absolute Gasteiger partial charge is 0.0928 e. The van der Waals surface area contributed by atoms with Gasteiger partial charge in [0.05, 0.1) is 5.01 Å². The van der Waals surface area contributed by atoms with Gasteiger partial charge in [-0.05, 0) is 31.7 Å². The molecule has 1 fully saturated rings. The molecule has 2 rings (SSSR count). The Balaban J connectivity index is 1.93. The summed E-state index contributed by atoms with van der Waals surface area (Å²) in [5, 5.41) is 1.24. The predicted octanol–water partition coefficient (Wildman–Crippen LogP) is 1.93. The molecular formula is C11H18N2OS. The van der Waals surface area contributed by atoms with Crippen LogP contribution in [0.25, 0.3) is 0 Å². The van der Waals surface area contributed by atoms with E-state index in [2.05, 4.69) is 4.98 Å². The second kappa shape index (κ2) is 5.58. The number of hydrogen-bond acceptors (Lipinski definition) is 4. The number of nitrogens with zero attached hydrogens (tertiary/aromatic N) is 1. The van der Waals surface area contributed by atoms with Gasteiger partial charge in [-0.2, -0.15) is 0 Å². The molecule has 84 valence electrons. The fourth-order valence-electron chi connectivity index (χ4n) is 1.86. The number of hydrogen-bond donors (Lipinski definition) is 1. The van der Waals surface area contributed by atoms with Crippen LogP contribution in [-0.2, 0) is 11.2 Å². The van der Waals surface area contributed by atoms with Crippen LogP contribution in [0.4, 0.5) is 0 Å². The lowest BCUT2D eigenvalue weighted by Crippen LogP contribution is -2.12. The van der Waals surface area contributed by atoms with Gasteiger partial charge >= 0.3 is 0 Å². The molecule has 0 atom stereocenters. The number of ether oxygens (including phenoxy) is 1. The van der Waals surface area contributed by atoms with E-state index in [1.54, 1.807) is 0 Å². The van der Waals surface area contributed by atoms with E-state index in [1.165, 1.54) is 9.88 Å². The molecule has 1 saturated heterocycles. The topological polar surface area (TPSA) is 48.1 Å². The van der Waals surface area contributed by atoms with Gasteiger partial charge in [0, 0.05) is 30.7 Å². The lowest BCUT2D eigenvalue weighted by Gasteiger charge is -2.20. The molecule has 15 heavy (non-hydrogen) atoms. The molecule has 2 N–H and O–H groups in total. The molecule has 4 heteroatoms. The summed E-state index contributed by atoms with van der Waals surface area (Å²) >= 11 is 1.86. The van der Waals surface area contributed by atoms with E-state index in [0.717, 1.165) is 45.4 Å². The maximum absolute atomic E-state index is 5.49. The lowest BCUT2D eigenvalue weighted by molar-refractivity contribution is 0.0860. The van der Waals surface area contributed by atoms with Crippen LogP contribution in [0.3, 0.4) is 0 Å². The van der Waals surface area contributed by atoms with E-state index < -0.39 is 0 Å². The van der Waals surface area contributed by atoms with Crippen LogP contribution < -0.4 is 5.73 Å². The van der Waals surface area contributed by atoms with Crippen LogP contribution in [-0.4, -0.2) is 24.7 Å². The monoisotopic (exact) mass is 226 g/mol. The third-order valence-electron chi connectivity index (χ3n) is 2.79. The Hall–Kier alpha value is -0.450. The van der Waals surface area contributed by atoms with Crippen molar-refractivity contribution in [2.75, 3.05) is 19.8 Å². The Bertz CT molecular complexity index is 295. The third-order valence-corrected chi connectivity index (χ3v) is 4.01. The highest BCUT2D eigenvalue weighted by molar-refractivity contribution is 7.11. The van der Waals surface area contributed by atoms with E-state index in [1.807, 2.05) is 17.5 Å². The summed E-state index contributed by atoms with van der Waals surface area (Å²) in [7, 11) is 0. The summed E-state index contributed by atoms with van der Waals surface area (Å²) in [6.07, 6.45) is 6.43. The summed E-state index contributed by atoms with van der Waals surface area (Å²) in [5.41, 5.74) is 5.49. The van der Waals surface area contributed by atoms with Crippen molar-refractivity contribution >= 4 is 11.3 Å². The van der Waals surface area contributed by atoms with E-state index in [9.17, 15) is 0 Å². The highest BCUT2D eigenvalue weighted by Gasteiger charge is 2.18. The summed E-state index contributed by atoms with van der Waals surface area (Å²) in [6, 6.07) is 0. The van der Waals surface area contributed by atoms with Gasteiger partial charge < -0.3 is 10.5 Å². The van der Waals surface area contributed by atoms with Gasteiger partial charge in [0.15, 0.2) is 0 Å². The molecule has 2 heterocycles. The van der Waals surface area contributed by atoms with Crippen molar-refractivity contribution in [1.82, 2.24) is 4.98 Å². The quantitative estimate of drug-likeness (QED) is 0.853. The number of rotatable bonds is 4. The minimum Gasteiger partial charge on any atom is -0.381 e. The molecule has 0 aliphatic carbocycles. The van der Waals surface area contributed by atoms with Gasteiger partial charge in [0.2, 0.25) is 0 Å². The van der Waals surface area contributed by atoms with Crippen LogP contribution >= 0.6 is 11.3 Å². The van der Waals surface area contributed by atoms with Crippen LogP contribution in [0.2, 0.25) is 0 Å². The largest absolute Gasteiger partial charge is 0.381 e. The summed E-state index contributed by atoms with van der Waals surface area (Å²) < 4.78 is 5.36. The Morgan fingerprint density at radius 2 is 2.27 bits per heavy atom. The number of aromatic nitrogens is 1. The normalized spacial score (nSPS) is 18.2. The first-order valence-electron chi connectivity index (χ1n) is 5.62. The number of nitrogens with two attached hydrogens (primary N) is 1. The Morgan fingerprint density at radius 3 is 3.00 bits per heavy atom. The van der Waals surface area contributed by atoms with Crippen LogP contribution in [0, 0.1) is 0 Å². The zero-order chi connectivity index (χ0) is 10.5. The van der Waals surface area contributed by atoms with E-state index in [4.69, 9.17) is 10.5 Å². The minimum absolute atomic E-state index is 0.683. The number of aryl methyl sites for hydroxylation is 1. The molecule has 1 aliphatic rings. The maximum Gasteiger partial charge on any atom is 0.0928 e. The van der Waals surface area contributed by atoms with Gasteiger partial charge in [-0.15, -0.1) is 11.3 Å². The average Bonchev–Trinajstić information content (AvgIpc) is 2.76. The van der Waals surface area contributed by atoms with Gasteiger partial charge in [-0.1, -0.05) is 0 Å². The average molecular weight is 226 g/mol. The van der Waals surface area contributed by atoms with Gasteiger partial charge in [-0.25, -0.2) is 4.98 Å². The molecule has 0 bridgehead atoms. The maximum atomic E-state index is 5.49. The molecule has 3 nitrogen and oxygen atoms in total. The lowest BCUT2D eigenvalue weighted by atomic mass is 9.99. The van der Waals surface area contributed by atoms with Crippen molar-refractivity contribution < 1.29 is 4.74 Å². The second-order valence-electron chi connectivity index (χ2n) is 3.94.